The summed E-state index contributed by atoms with van der Waals surface area (Å²) in [6, 6.07) is 60.0. The Morgan fingerprint density at radius 1 is 0.333 bits per heavy atom. The van der Waals surface area contributed by atoms with Gasteiger partial charge in [0.05, 0.1) is 0 Å². The van der Waals surface area contributed by atoms with Crippen LogP contribution < -0.4 is 0 Å². The van der Waals surface area contributed by atoms with Crippen LogP contribution in [0.3, 0.4) is 0 Å². The summed E-state index contributed by atoms with van der Waals surface area (Å²) in [6.45, 7) is 6.34. The number of benzene rings is 8. The van der Waals surface area contributed by atoms with Crippen LogP contribution in [-0.2, 0) is 6.42 Å². The molecule has 0 spiro atoms. The first-order valence-electron chi connectivity index (χ1n) is 16.9. The maximum absolute atomic E-state index is 2.39. The van der Waals surface area contributed by atoms with Crippen molar-refractivity contribution in [3.05, 3.63) is 192 Å². The standard InChI is InChI=1S/C40H28.C8H10/c1-26-19-21-27(22-20-26)25-30-23-24-35-38-31(30)17-10-18-34(38)39-36(28-11-4-2-5-12-28)32-15-8-9-16-33(32)37(40(35)39)29-13-6-3-7-14-29;1-7-3-5-8(2)6-4-7/h2-24H,25H2,1H3;3-6H,1-2H3. The van der Waals surface area contributed by atoms with Crippen molar-refractivity contribution in [2.75, 3.05) is 0 Å². The van der Waals surface area contributed by atoms with E-state index < -0.39 is 0 Å². The van der Waals surface area contributed by atoms with Gasteiger partial charge in [-0.1, -0.05) is 180 Å². The molecule has 9 rings (SSSR count). The van der Waals surface area contributed by atoms with E-state index in [1.165, 1.54) is 93.9 Å². The molecular weight excluding hydrogens is 577 g/mol. The summed E-state index contributed by atoms with van der Waals surface area (Å²) in [4.78, 5) is 0. The van der Waals surface area contributed by atoms with Crippen LogP contribution in [-0.4, -0.2) is 0 Å². The molecule has 0 N–H and O–H groups in total. The summed E-state index contributed by atoms with van der Waals surface area (Å²) >= 11 is 0. The summed E-state index contributed by atoms with van der Waals surface area (Å²) in [7, 11) is 0. The van der Waals surface area contributed by atoms with Gasteiger partial charge < -0.3 is 0 Å². The maximum atomic E-state index is 2.39. The van der Waals surface area contributed by atoms with Crippen molar-refractivity contribution in [3.63, 3.8) is 0 Å². The van der Waals surface area contributed by atoms with Crippen molar-refractivity contribution in [2.45, 2.75) is 27.2 Å². The van der Waals surface area contributed by atoms with E-state index in [9.17, 15) is 0 Å². The fraction of sp³-hybridized carbons (Fsp3) is 0.0833. The molecule has 0 radical (unpaired) electrons. The van der Waals surface area contributed by atoms with Gasteiger partial charge in [-0.3, -0.25) is 0 Å². The third-order valence-corrected chi connectivity index (χ3v) is 9.74. The van der Waals surface area contributed by atoms with Gasteiger partial charge in [-0.05, 0) is 104 Å². The molecular formula is C48H38. The highest BCUT2D eigenvalue weighted by Crippen LogP contribution is 2.57. The molecule has 0 fully saturated rings. The molecule has 8 aromatic rings. The predicted octanol–water partition coefficient (Wildman–Crippen LogP) is 13.2. The van der Waals surface area contributed by atoms with Crippen molar-refractivity contribution in [3.8, 4) is 44.5 Å². The van der Waals surface area contributed by atoms with Crippen molar-refractivity contribution >= 4 is 21.5 Å². The number of hydrogen-bond donors (Lipinski definition) is 0. The molecule has 0 aromatic heterocycles. The van der Waals surface area contributed by atoms with Crippen LogP contribution in [0.15, 0.2) is 164 Å². The smallest absolute Gasteiger partial charge is 0.000741 e. The van der Waals surface area contributed by atoms with Crippen LogP contribution in [0, 0.1) is 20.8 Å². The van der Waals surface area contributed by atoms with E-state index in [-0.39, 0.29) is 0 Å². The van der Waals surface area contributed by atoms with E-state index in [1.54, 1.807) is 0 Å². The van der Waals surface area contributed by atoms with Crippen LogP contribution in [0.25, 0.3) is 66.1 Å². The van der Waals surface area contributed by atoms with Gasteiger partial charge in [0.25, 0.3) is 0 Å². The second-order valence-electron chi connectivity index (χ2n) is 13.1. The number of rotatable bonds is 4. The lowest BCUT2D eigenvalue weighted by Gasteiger charge is -2.20. The third kappa shape index (κ3) is 5.30. The van der Waals surface area contributed by atoms with Crippen LogP contribution in [0.2, 0.25) is 0 Å². The Morgan fingerprint density at radius 3 is 1.29 bits per heavy atom. The molecule has 0 bridgehead atoms. The molecule has 0 nitrogen and oxygen atoms in total. The topological polar surface area (TPSA) is 0 Å². The lowest BCUT2D eigenvalue weighted by Crippen LogP contribution is -1.93. The van der Waals surface area contributed by atoms with Crippen LogP contribution in [0.5, 0.6) is 0 Å². The van der Waals surface area contributed by atoms with Crippen molar-refractivity contribution in [1.82, 2.24) is 0 Å². The van der Waals surface area contributed by atoms with E-state index in [0.717, 1.165) is 6.42 Å². The van der Waals surface area contributed by atoms with Crippen molar-refractivity contribution < 1.29 is 0 Å². The Bertz CT molecular complexity index is 2280. The fourth-order valence-corrected chi connectivity index (χ4v) is 7.39. The quantitative estimate of drug-likeness (QED) is 0.185. The molecule has 0 unspecified atom stereocenters. The summed E-state index contributed by atoms with van der Waals surface area (Å²) in [5, 5.41) is 5.34. The fourth-order valence-electron chi connectivity index (χ4n) is 7.39. The average Bonchev–Trinajstić information content (AvgIpc) is 3.46. The summed E-state index contributed by atoms with van der Waals surface area (Å²) in [5.41, 5.74) is 17.3. The zero-order valence-corrected chi connectivity index (χ0v) is 27.8. The van der Waals surface area contributed by atoms with Crippen LogP contribution in [0.1, 0.15) is 27.8 Å². The first kappa shape index (κ1) is 29.7. The minimum absolute atomic E-state index is 0.927. The Morgan fingerprint density at radius 2 is 0.771 bits per heavy atom. The Hall–Kier alpha value is -5.72. The second kappa shape index (κ2) is 12.5. The molecule has 230 valence electrons. The Labute approximate surface area is 284 Å². The lowest BCUT2D eigenvalue weighted by molar-refractivity contribution is 1.21. The summed E-state index contributed by atoms with van der Waals surface area (Å²) < 4.78 is 0. The zero-order chi connectivity index (χ0) is 32.6. The van der Waals surface area contributed by atoms with Gasteiger partial charge in [0, 0.05) is 0 Å². The highest BCUT2D eigenvalue weighted by atomic mass is 14.3. The van der Waals surface area contributed by atoms with Gasteiger partial charge in [-0.25, -0.2) is 0 Å². The van der Waals surface area contributed by atoms with Gasteiger partial charge >= 0.3 is 0 Å². The first-order valence-corrected chi connectivity index (χ1v) is 16.9. The summed E-state index contributed by atoms with van der Waals surface area (Å²) in [5.74, 6) is 0. The van der Waals surface area contributed by atoms with E-state index >= 15 is 0 Å². The van der Waals surface area contributed by atoms with E-state index in [2.05, 4.69) is 185 Å². The van der Waals surface area contributed by atoms with E-state index in [4.69, 9.17) is 0 Å². The van der Waals surface area contributed by atoms with Gasteiger partial charge in [-0.2, -0.15) is 0 Å². The molecule has 0 atom stereocenters. The molecule has 1 aliphatic rings. The molecule has 1 aliphatic carbocycles. The highest BCUT2D eigenvalue weighted by Gasteiger charge is 2.30. The molecule has 0 saturated heterocycles. The van der Waals surface area contributed by atoms with Crippen molar-refractivity contribution in [2.24, 2.45) is 0 Å². The molecule has 0 heteroatoms. The molecule has 8 aromatic carbocycles. The Balaban J connectivity index is 0.000000371. The third-order valence-electron chi connectivity index (χ3n) is 9.74. The van der Waals surface area contributed by atoms with Crippen LogP contribution >= 0.6 is 0 Å². The lowest BCUT2D eigenvalue weighted by atomic mass is 9.82. The van der Waals surface area contributed by atoms with Gasteiger partial charge in [-0.15, -0.1) is 0 Å². The van der Waals surface area contributed by atoms with Crippen molar-refractivity contribution in [1.29, 1.82) is 0 Å². The zero-order valence-electron chi connectivity index (χ0n) is 27.8. The molecule has 0 amide bonds. The number of aryl methyl sites for hydroxylation is 3. The summed E-state index contributed by atoms with van der Waals surface area (Å²) in [6.07, 6.45) is 0.927. The second-order valence-corrected chi connectivity index (χ2v) is 13.1. The van der Waals surface area contributed by atoms with Gasteiger partial charge in [0.15, 0.2) is 0 Å². The van der Waals surface area contributed by atoms with E-state index in [1.807, 2.05) is 0 Å². The Kier molecular flexibility index (Phi) is 7.71. The molecule has 0 aliphatic heterocycles. The average molecular weight is 615 g/mol. The van der Waals surface area contributed by atoms with E-state index in [0.29, 0.717) is 0 Å². The minimum atomic E-state index is 0.927. The maximum Gasteiger partial charge on any atom is -0.000741 e. The highest BCUT2D eigenvalue weighted by molar-refractivity contribution is 6.27. The number of hydrogen-bond acceptors (Lipinski definition) is 0. The predicted molar refractivity (Wildman–Crippen MR) is 207 cm³/mol. The largest absolute Gasteiger partial charge is 0.0622 e. The van der Waals surface area contributed by atoms with Crippen LogP contribution in [0.4, 0.5) is 0 Å². The number of fused-ring (bicyclic) bond motifs is 4. The normalized spacial score (nSPS) is 11.3. The van der Waals surface area contributed by atoms with Gasteiger partial charge in [0.2, 0.25) is 0 Å². The first-order chi connectivity index (χ1) is 23.6. The SMILES string of the molecule is Cc1ccc(C)cc1.Cc1ccc(Cc2ccc3c4c(cccc24)-c2c-3c(-c3ccccc3)c3ccccc3c2-c2ccccc2)cc1. The molecule has 48 heavy (non-hydrogen) atoms. The van der Waals surface area contributed by atoms with Gasteiger partial charge in [0.1, 0.15) is 0 Å². The molecule has 0 heterocycles. The monoisotopic (exact) mass is 614 g/mol. The molecule has 0 saturated carbocycles. The minimum Gasteiger partial charge on any atom is -0.0622 e.